The van der Waals surface area contributed by atoms with Gasteiger partial charge in [-0.2, -0.15) is 0 Å². The largest absolute Gasteiger partial charge is 0.319 e. The van der Waals surface area contributed by atoms with E-state index in [1.165, 1.54) is 0 Å². The van der Waals surface area contributed by atoms with E-state index in [0.29, 0.717) is 10.8 Å². The lowest BCUT2D eigenvalue weighted by atomic mass is 10.0. The molecule has 0 atom stereocenters. The van der Waals surface area contributed by atoms with E-state index in [-0.39, 0.29) is 17.6 Å². The third-order valence-corrected chi connectivity index (χ3v) is 6.31. The fourth-order valence-electron chi connectivity index (χ4n) is 3.66. The number of hydrogen-bond acceptors (Lipinski definition) is 3. The molecule has 0 spiro atoms. The van der Waals surface area contributed by atoms with Gasteiger partial charge < -0.3 is 5.32 Å². The highest BCUT2D eigenvalue weighted by molar-refractivity contribution is 9.10. The van der Waals surface area contributed by atoms with Crippen LogP contribution in [0, 0.1) is 13.8 Å². The number of nitrogens with zero attached hydrogens (tertiary/aromatic N) is 3. The van der Waals surface area contributed by atoms with Crippen LogP contribution < -0.4 is 5.32 Å². The third-order valence-electron chi connectivity index (χ3n) is 5.58. The Morgan fingerprint density at radius 2 is 1.82 bits per heavy atom. The summed E-state index contributed by atoms with van der Waals surface area (Å²) in [6.07, 6.45) is 0. The summed E-state index contributed by atoms with van der Waals surface area (Å²) in [6.45, 7) is 8.25. The number of hydrogen-bond donors (Lipinski definition) is 1. The molecular formula is C26H24BrClN4O. The molecule has 5 nitrogen and oxygen atoms in total. The predicted octanol–water partition coefficient (Wildman–Crippen LogP) is 7.34. The maximum atomic E-state index is 13.2. The molecule has 0 aliphatic heterocycles. The third kappa shape index (κ3) is 4.87. The monoisotopic (exact) mass is 522 g/mol. The molecule has 1 aromatic heterocycles. The van der Waals surface area contributed by atoms with Crippen LogP contribution in [-0.4, -0.2) is 20.7 Å². The lowest BCUT2D eigenvalue weighted by Crippen LogP contribution is -2.16. The predicted molar refractivity (Wildman–Crippen MR) is 137 cm³/mol. The van der Waals surface area contributed by atoms with E-state index in [0.717, 1.165) is 38.1 Å². The summed E-state index contributed by atoms with van der Waals surface area (Å²) in [4.78, 5) is 17.9. The summed E-state index contributed by atoms with van der Waals surface area (Å²) in [5.41, 5.74) is 5.60. The fourth-order valence-corrected chi connectivity index (χ4v) is 4.23. The minimum absolute atomic E-state index is 0.0866. The molecule has 0 radical (unpaired) electrons. The Balaban J connectivity index is 1.81. The number of aryl methyl sites for hydroxylation is 1. The number of carbonyl (C=O) groups excluding carboxylic acids is 1. The van der Waals surface area contributed by atoms with Gasteiger partial charge in [-0.3, -0.25) is 4.79 Å². The van der Waals surface area contributed by atoms with Gasteiger partial charge in [-0.25, -0.2) is 9.67 Å². The Morgan fingerprint density at radius 1 is 1.06 bits per heavy atom. The van der Waals surface area contributed by atoms with Crippen molar-refractivity contribution in [3.8, 4) is 17.1 Å². The molecule has 7 heteroatoms. The second-order valence-corrected chi connectivity index (χ2v) is 9.59. The molecule has 0 fully saturated rings. The summed E-state index contributed by atoms with van der Waals surface area (Å²) < 4.78 is 2.68. The number of amides is 1. The smallest absolute Gasteiger partial charge is 0.295 e. The second kappa shape index (κ2) is 9.49. The molecule has 168 valence electrons. The van der Waals surface area contributed by atoms with Gasteiger partial charge in [-0.15, -0.1) is 5.10 Å². The quantitative estimate of drug-likeness (QED) is 0.298. The fraction of sp³-hybridized carbons (Fsp3) is 0.192. The number of nitrogens with one attached hydrogen (secondary N) is 1. The van der Waals surface area contributed by atoms with Crippen LogP contribution in [0.25, 0.3) is 17.1 Å². The molecule has 0 saturated heterocycles. The van der Waals surface area contributed by atoms with Gasteiger partial charge in [0.2, 0.25) is 5.82 Å². The molecule has 0 unspecified atom stereocenters. The van der Waals surface area contributed by atoms with Crippen LogP contribution in [0.2, 0.25) is 5.02 Å². The molecule has 4 aromatic rings. The summed E-state index contributed by atoms with van der Waals surface area (Å²) in [5.74, 6) is 0.506. The molecule has 1 heterocycles. The van der Waals surface area contributed by atoms with Crippen LogP contribution in [0.15, 0.2) is 65.1 Å². The van der Waals surface area contributed by atoms with Gasteiger partial charge in [0, 0.05) is 20.7 Å². The molecular weight excluding hydrogens is 500 g/mol. The number of rotatable bonds is 5. The number of anilines is 1. The molecule has 33 heavy (non-hydrogen) atoms. The number of carbonyl (C=O) groups is 1. The topological polar surface area (TPSA) is 59.8 Å². The van der Waals surface area contributed by atoms with Crippen molar-refractivity contribution in [2.75, 3.05) is 5.32 Å². The van der Waals surface area contributed by atoms with Gasteiger partial charge in [0.05, 0.1) is 5.69 Å². The zero-order chi connectivity index (χ0) is 23.7. The first-order valence-electron chi connectivity index (χ1n) is 10.6. The van der Waals surface area contributed by atoms with Crippen LogP contribution in [0.5, 0.6) is 0 Å². The van der Waals surface area contributed by atoms with Crippen molar-refractivity contribution >= 4 is 39.1 Å². The summed E-state index contributed by atoms with van der Waals surface area (Å²) in [6, 6.07) is 19.2. The van der Waals surface area contributed by atoms with Gasteiger partial charge in [0.25, 0.3) is 5.91 Å². The molecule has 0 aliphatic carbocycles. The Morgan fingerprint density at radius 3 is 2.55 bits per heavy atom. The van der Waals surface area contributed by atoms with Gasteiger partial charge in [-0.05, 0) is 72.9 Å². The molecule has 0 bridgehead atoms. The highest BCUT2D eigenvalue weighted by Crippen LogP contribution is 2.29. The number of halogens is 2. The van der Waals surface area contributed by atoms with Crippen molar-refractivity contribution in [2.24, 2.45) is 0 Å². The standard InChI is InChI=1S/C26H24BrClN4O/c1-15(2)21-14-19(27)11-12-22(21)29-26(33)24-30-25(18-8-6-9-20(28)13-18)32(31-24)23-10-5-7-16(3)17(23)4/h5-15H,1-4H3,(H,29,33). The minimum Gasteiger partial charge on any atom is -0.319 e. The maximum Gasteiger partial charge on any atom is 0.295 e. The molecule has 0 aliphatic rings. The van der Waals surface area contributed by atoms with Crippen molar-refractivity contribution in [1.82, 2.24) is 14.8 Å². The lowest BCUT2D eigenvalue weighted by molar-refractivity contribution is 0.101. The second-order valence-electron chi connectivity index (χ2n) is 8.24. The van der Waals surface area contributed by atoms with Crippen molar-refractivity contribution in [3.63, 3.8) is 0 Å². The molecule has 1 N–H and O–H groups in total. The van der Waals surface area contributed by atoms with Crippen LogP contribution in [0.3, 0.4) is 0 Å². The van der Waals surface area contributed by atoms with Crippen molar-refractivity contribution in [1.29, 1.82) is 0 Å². The van der Waals surface area contributed by atoms with Crippen LogP contribution >= 0.6 is 27.5 Å². The van der Waals surface area contributed by atoms with Gasteiger partial charge >= 0.3 is 0 Å². The zero-order valence-electron chi connectivity index (χ0n) is 18.9. The summed E-state index contributed by atoms with van der Waals surface area (Å²) in [7, 11) is 0. The zero-order valence-corrected chi connectivity index (χ0v) is 21.2. The number of aromatic nitrogens is 3. The summed E-state index contributed by atoms with van der Waals surface area (Å²) >= 11 is 9.75. The molecule has 0 saturated carbocycles. The first-order chi connectivity index (χ1) is 15.7. The van der Waals surface area contributed by atoms with E-state index in [2.05, 4.69) is 45.2 Å². The Hall–Kier alpha value is -2.96. The molecule has 1 amide bonds. The van der Waals surface area contributed by atoms with Crippen LogP contribution in [0.1, 0.15) is 47.1 Å². The average Bonchev–Trinajstić information content (AvgIpc) is 3.22. The lowest BCUT2D eigenvalue weighted by Gasteiger charge is -2.13. The van der Waals surface area contributed by atoms with Crippen molar-refractivity contribution in [2.45, 2.75) is 33.6 Å². The van der Waals surface area contributed by atoms with E-state index in [1.807, 2.05) is 68.4 Å². The SMILES string of the molecule is Cc1cccc(-n2nc(C(=O)Nc3ccc(Br)cc3C(C)C)nc2-c2cccc(Cl)c2)c1C. The first kappa shape index (κ1) is 23.2. The minimum atomic E-state index is -0.369. The Bertz CT molecular complexity index is 1350. The first-order valence-corrected chi connectivity index (χ1v) is 11.8. The van der Waals surface area contributed by atoms with E-state index in [1.54, 1.807) is 10.7 Å². The Labute approximate surface area is 207 Å². The molecule has 3 aromatic carbocycles. The van der Waals surface area contributed by atoms with E-state index in [9.17, 15) is 4.79 Å². The molecule has 4 rings (SSSR count). The average molecular weight is 524 g/mol. The van der Waals surface area contributed by atoms with E-state index in [4.69, 9.17) is 11.6 Å². The maximum absolute atomic E-state index is 13.2. The summed E-state index contributed by atoms with van der Waals surface area (Å²) in [5, 5.41) is 8.20. The van der Waals surface area contributed by atoms with Crippen molar-refractivity contribution < 1.29 is 4.79 Å². The van der Waals surface area contributed by atoms with Crippen molar-refractivity contribution in [3.05, 3.63) is 92.7 Å². The van der Waals surface area contributed by atoms with Gasteiger partial charge in [0.15, 0.2) is 5.82 Å². The van der Waals surface area contributed by atoms with E-state index >= 15 is 0 Å². The highest BCUT2D eigenvalue weighted by atomic mass is 79.9. The Kier molecular flexibility index (Phi) is 6.68. The highest BCUT2D eigenvalue weighted by Gasteiger charge is 2.21. The van der Waals surface area contributed by atoms with Gasteiger partial charge in [-0.1, -0.05) is 65.6 Å². The van der Waals surface area contributed by atoms with Crippen LogP contribution in [-0.2, 0) is 0 Å². The van der Waals surface area contributed by atoms with Gasteiger partial charge in [0.1, 0.15) is 0 Å². The van der Waals surface area contributed by atoms with Crippen LogP contribution in [0.4, 0.5) is 5.69 Å². The van der Waals surface area contributed by atoms with E-state index < -0.39 is 0 Å². The normalized spacial score (nSPS) is 11.1. The number of benzene rings is 3.